The Morgan fingerprint density at radius 2 is 1.72 bits per heavy atom. The number of aryl methyl sites for hydroxylation is 1. The number of hydrogen-bond acceptors (Lipinski definition) is 5. The lowest BCUT2D eigenvalue weighted by molar-refractivity contribution is 0.392. The van der Waals surface area contributed by atoms with Crippen LogP contribution in [0.15, 0.2) is 40.2 Å². The summed E-state index contributed by atoms with van der Waals surface area (Å²) in [6.07, 6.45) is 1.49. The van der Waals surface area contributed by atoms with Gasteiger partial charge in [-0.15, -0.1) is 0 Å². The Balaban J connectivity index is 2.32. The molecule has 5 nitrogen and oxygen atoms in total. The summed E-state index contributed by atoms with van der Waals surface area (Å²) < 4.78 is 36.2. The lowest BCUT2D eigenvalue weighted by Crippen LogP contribution is -2.01. The highest BCUT2D eigenvalue weighted by molar-refractivity contribution is 9.10. The SMILES string of the molecule is COc1cc(C)cc(OC)c1/C=C/S(=O)(=O)Cc1ccc(Br)c(N)c1. The summed E-state index contributed by atoms with van der Waals surface area (Å²) in [7, 11) is -0.420. The molecule has 0 bridgehead atoms. The number of hydrogen-bond donors (Lipinski definition) is 1. The van der Waals surface area contributed by atoms with Crippen molar-refractivity contribution in [1.29, 1.82) is 0 Å². The normalized spacial score (nSPS) is 11.7. The molecule has 2 rings (SSSR count). The molecule has 0 unspecified atom stereocenters. The molecule has 0 fully saturated rings. The van der Waals surface area contributed by atoms with Crippen molar-refractivity contribution in [2.24, 2.45) is 0 Å². The van der Waals surface area contributed by atoms with E-state index in [1.54, 1.807) is 18.2 Å². The molecule has 2 aromatic carbocycles. The fourth-order valence-corrected chi connectivity index (χ4v) is 3.70. The zero-order valence-electron chi connectivity index (χ0n) is 14.2. The van der Waals surface area contributed by atoms with Gasteiger partial charge in [0.05, 0.1) is 25.5 Å². The van der Waals surface area contributed by atoms with Gasteiger partial charge in [-0.05, 0) is 64.3 Å². The number of ether oxygens (including phenoxy) is 2. The van der Waals surface area contributed by atoms with Gasteiger partial charge in [0.2, 0.25) is 0 Å². The number of nitrogens with two attached hydrogens (primary N) is 1. The number of nitrogen functional groups attached to an aromatic ring is 1. The van der Waals surface area contributed by atoms with Crippen molar-refractivity contribution in [1.82, 2.24) is 0 Å². The van der Waals surface area contributed by atoms with E-state index in [-0.39, 0.29) is 5.75 Å². The van der Waals surface area contributed by atoms with E-state index in [1.165, 1.54) is 25.7 Å². The minimum atomic E-state index is -3.49. The van der Waals surface area contributed by atoms with Gasteiger partial charge < -0.3 is 15.2 Å². The Labute approximate surface area is 156 Å². The van der Waals surface area contributed by atoms with Crippen LogP contribution >= 0.6 is 15.9 Å². The first-order valence-corrected chi connectivity index (χ1v) is 9.94. The highest BCUT2D eigenvalue weighted by Gasteiger charge is 2.13. The van der Waals surface area contributed by atoms with E-state index in [9.17, 15) is 8.42 Å². The number of sulfone groups is 1. The molecule has 0 saturated carbocycles. The monoisotopic (exact) mass is 425 g/mol. The Kier molecular flexibility index (Phi) is 6.13. The van der Waals surface area contributed by atoms with Crippen LogP contribution in [0.4, 0.5) is 5.69 Å². The molecule has 0 heterocycles. The van der Waals surface area contributed by atoms with Gasteiger partial charge in [0.25, 0.3) is 0 Å². The topological polar surface area (TPSA) is 78.6 Å². The van der Waals surface area contributed by atoms with E-state index in [1.807, 2.05) is 19.1 Å². The molecule has 0 amide bonds. The Bertz CT molecular complexity index is 882. The third kappa shape index (κ3) is 4.99. The van der Waals surface area contributed by atoms with Gasteiger partial charge in [0.15, 0.2) is 9.84 Å². The molecule has 0 radical (unpaired) electrons. The van der Waals surface area contributed by atoms with E-state index in [2.05, 4.69) is 15.9 Å². The number of methoxy groups -OCH3 is 2. The van der Waals surface area contributed by atoms with Crippen molar-refractivity contribution in [3.63, 3.8) is 0 Å². The van der Waals surface area contributed by atoms with Crippen molar-refractivity contribution in [3.05, 3.63) is 56.9 Å². The van der Waals surface area contributed by atoms with Gasteiger partial charge in [-0.25, -0.2) is 8.42 Å². The highest BCUT2D eigenvalue weighted by Crippen LogP contribution is 2.32. The van der Waals surface area contributed by atoms with E-state index in [0.717, 1.165) is 10.0 Å². The van der Waals surface area contributed by atoms with Crippen LogP contribution in [0, 0.1) is 6.92 Å². The summed E-state index contributed by atoms with van der Waals surface area (Å²) >= 11 is 3.29. The molecule has 0 aromatic heterocycles. The smallest absolute Gasteiger partial charge is 0.175 e. The summed E-state index contributed by atoms with van der Waals surface area (Å²) in [5.41, 5.74) is 8.45. The molecule has 0 saturated heterocycles. The second kappa shape index (κ2) is 7.93. The predicted molar refractivity (Wildman–Crippen MR) is 104 cm³/mol. The van der Waals surface area contributed by atoms with Crippen LogP contribution in [-0.4, -0.2) is 22.6 Å². The van der Waals surface area contributed by atoms with E-state index < -0.39 is 9.84 Å². The van der Waals surface area contributed by atoms with Crippen LogP contribution in [0.3, 0.4) is 0 Å². The number of benzene rings is 2. The molecule has 2 N–H and O–H groups in total. The quantitative estimate of drug-likeness (QED) is 0.708. The lowest BCUT2D eigenvalue weighted by Gasteiger charge is -2.11. The van der Waals surface area contributed by atoms with E-state index >= 15 is 0 Å². The van der Waals surface area contributed by atoms with Gasteiger partial charge >= 0.3 is 0 Å². The van der Waals surface area contributed by atoms with Crippen LogP contribution in [-0.2, 0) is 15.6 Å². The third-order valence-corrected chi connectivity index (χ3v) is 5.57. The average molecular weight is 426 g/mol. The zero-order chi connectivity index (χ0) is 18.6. The van der Waals surface area contributed by atoms with Crippen LogP contribution in [0.25, 0.3) is 6.08 Å². The highest BCUT2D eigenvalue weighted by atomic mass is 79.9. The summed E-state index contributed by atoms with van der Waals surface area (Å²) in [6, 6.07) is 8.74. The minimum Gasteiger partial charge on any atom is -0.496 e. The molecule has 0 aliphatic rings. The molecular weight excluding hydrogens is 406 g/mol. The Morgan fingerprint density at radius 1 is 1.12 bits per heavy atom. The van der Waals surface area contributed by atoms with Gasteiger partial charge in [0, 0.05) is 15.6 Å². The molecule has 134 valence electrons. The van der Waals surface area contributed by atoms with E-state index in [0.29, 0.717) is 28.3 Å². The summed E-state index contributed by atoms with van der Waals surface area (Å²) in [5.74, 6) is 0.963. The second-order valence-electron chi connectivity index (χ2n) is 5.55. The van der Waals surface area contributed by atoms with Gasteiger partial charge in [-0.2, -0.15) is 0 Å². The standard InChI is InChI=1S/C18H20BrNO4S/c1-12-8-17(23-2)14(18(9-12)24-3)6-7-25(21,22)11-13-4-5-15(19)16(20)10-13/h4-10H,11,20H2,1-3H3/b7-6+. The Morgan fingerprint density at radius 3 is 2.24 bits per heavy atom. The maximum atomic E-state index is 12.4. The molecule has 2 aromatic rings. The van der Waals surface area contributed by atoms with Gasteiger partial charge in [-0.3, -0.25) is 0 Å². The fraction of sp³-hybridized carbons (Fsp3) is 0.222. The minimum absolute atomic E-state index is 0.141. The maximum Gasteiger partial charge on any atom is 0.175 e. The molecule has 7 heteroatoms. The van der Waals surface area contributed by atoms with Crippen LogP contribution in [0.5, 0.6) is 11.5 Å². The van der Waals surface area contributed by atoms with Crippen molar-refractivity contribution < 1.29 is 17.9 Å². The van der Waals surface area contributed by atoms with Crippen LogP contribution < -0.4 is 15.2 Å². The molecule has 0 aliphatic heterocycles. The lowest BCUT2D eigenvalue weighted by atomic mass is 10.1. The maximum absolute atomic E-state index is 12.4. The summed E-state index contributed by atoms with van der Waals surface area (Å²) in [5, 5.41) is 1.17. The molecule has 25 heavy (non-hydrogen) atoms. The molecular formula is C18H20BrNO4S. The van der Waals surface area contributed by atoms with Crippen molar-refractivity contribution >= 4 is 37.5 Å². The fourth-order valence-electron chi connectivity index (χ4n) is 2.37. The van der Waals surface area contributed by atoms with E-state index in [4.69, 9.17) is 15.2 Å². The van der Waals surface area contributed by atoms with Gasteiger partial charge in [0.1, 0.15) is 11.5 Å². The van der Waals surface area contributed by atoms with Crippen molar-refractivity contribution in [3.8, 4) is 11.5 Å². The first-order valence-electron chi connectivity index (χ1n) is 7.43. The third-order valence-electron chi connectivity index (χ3n) is 3.56. The number of anilines is 1. The summed E-state index contributed by atoms with van der Waals surface area (Å²) in [6.45, 7) is 1.91. The average Bonchev–Trinajstić information content (AvgIpc) is 2.55. The zero-order valence-corrected chi connectivity index (χ0v) is 16.6. The number of rotatable bonds is 6. The summed E-state index contributed by atoms with van der Waals surface area (Å²) in [4.78, 5) is 0. The number of halogens is 1. The first kappa shape index (κ1) is 19.3. The van der Waals surface area contributed by atoms with Crippen molar-refractivity contribution in [2.45, 2.75) is 12.7 Å². The molecule has 0 atom stereocenters. The van der Waals surface area contributed by atoms with Crippen LogP contribution in [0.2, 0.25) is 0 Å². The predicted octanol–water partition coefficient (Wildman–Crippen LogP) is 3.94. The largest absolute Gasteiger partial charge is 0.496 e. The van der Waals surface area contributed by atoms with Crippen molar-refractivity contribution in [2.75, 3.05) is 20.0 Å². The second-order valence-corrected chi connectivity index (χ2v) is 8.29. The molecule has 0 spiro atoms. The van der Waals surface area contributed by atoms with Gasteiger partial charge in [-0.1, -0.05) is 6.07 Å². The molecule has 0 aliphatic carbocycles. The Hall–Kier alpha value is -1.99. The van der Waals surface area contributed by atoms with Crippen LogP contribution in [0.1, 0.15) is 16.7 Å². The first-order chi connectivity index (χ1) is 11.8.